The van der Waals surface area contributed by atoms with E-state index in [9.17, 15) is 4.39 Å². The van der Waals surface area contributed by atoms with Crippen molar-refractivity contribution >= 4 is 11.8 Å². The highest BCUT2D eigenvalue weighted by atomic mass is 32.2. The molecule has 0 N–H and O–H groups in total. The first-order valence-electron chi connectivity index (χ1n) is 10.6. The maximum atomic E-state index is 14.4. The molecule has 1 unspecified atom stereocenters. The number of benzene rings is 2. The molecule has 0 bridgehead atoms. The summed E-state index contributed by atoms with van der Waals surface area (Å²) in [5.41, 5.74) is 1.52. The second-order valence-electron chi connectivity index (χ2n) is 7.52. The summed E-state index contributed by atoms with van der Waals surface area (Å²) in [5, 5.41) is 1.95. The fourth-order valence-corrected chi connectivity index (χ4v) is 4.70. The molecule has 1 atom stereocenters. The number of methoxy groups -OCH3 is 1. The van der Waals surface area contributed by atoms with Gasteiger partial charge in [-0.15, -0.1) is 0 Å². The van der Waals surface area contributed by atoms with E-state index in [1.807, 2.05) is 11.1 Å². The van der Waals surface area contributed by atoms with E-state index in [4.69, 9.17) is 14.3 Å². The lowest BCUT2D eigenvalue weighted by Gasteiger charge is -2.36. The maximum absolute atomic E-state index is 14.4. The van der Waals surface area contributed by atoms with Crippen LogP contribution in [0.1, 0.15) is 50.8 Å². The van der Waals surface area contributed by atoms with Gasteiger partial charge >= 0.3 is 0 Å². The van der Waals surface area contributed by atoms with Crippen LogP contribution in [0.2, 0.25) is 0 Å². The van der Waals surface area contributed by atoms with Crippen LogP contribution in [0.3, 0.4) is 0 Å². The minimum Gasteiger partial charge on any atom is -0.381 e. The fraction of sp³-hybridized carbons (Fsp3) is 0.500. The third kappa shape index (κ3) is 5.62. The van der Waals surface area contributed by atoms with Crippen molar-refractivity contribution in [1.82, 2.24) is 5.06 Å². The molecule has 0 radical (unpaired) electrons. The highest BCUT2D eigenvalue weighted by molar-refractivity contribution is 7.99. The van der Waals surface area contributed by atoms with E-state index < -0.39 is 5.60 Å². The molecular weight excluding hydrogens is 401 g/mol. The van der Waals surface area contributed by atoms with E-state index in [0.717, 1.165) is 46.8 Å². The lowest BCUT2D eigenvalue weighted by atomic mass is 9.86. The average Bonchev–Trinajstić information content (AvgIpc) is 2.77. The number of hydrogen-bond acceptors (Lipinski definition) is 5. The van der Waals surface area contributed by atoms with E-state index in [2.05, 4.69) is 45.0 Å². The second kappa shape index (κ2) is 10.7. The highest BCUT2D eigenvalue weighted by Gasteiger charge is 2.35. The van der Waals surface area contributed by atoms with Gasteiger partial charge in [-0.05, 0) is 48.4 Å². The smallest absolute Gasteiger partial charge is 0.124 e. The first kappa shape index (κ1) is 23.2. The van der Waals surface area contributed by atoms with Gasteiger partial charge < -0.3 is 9.47 Å². The van der Waals surface area contributed by atoms with E-state index in [0.29, 0.717) is 13.2 Å². The minimum atomic E-state index is -0.475. The molecule has 164 valence electrons. The largest absolute Gasteiger partial charge is 0.381 e. The summed E-state index contributed by atoms with van der Waals surface area (Å²) in [6.07, 6.45) is 1.45. The molecule has 1 saturated heterocycles. The number of ether oxygens (including phenoxy) is 2. The molecule has 2 aromatic carbocycles. The van der Waals surface area contributed by atoms with Gasteiger partial charge in [0.15, 0.2) is 0 Å². The Hall–Kier alpha value is -1.44. The van der Waals surface area contributed by atoms with Gasteiger partial charge in [0.1, 0.15) is 11.9 Å². The monoisotopic (exact) mass is 433 g/mol. The Balaban J connectivity index is 1.74. The van der Waals surface area contributed by atoms with Crippen LogP contribution in [0.25, 0.3) is 0 Å². The van der Waals surface area contributed by atoms with Crippen molar-refractivity contribution < 1.29 is 18.7 Å². The predicted octanol–water partition coefficient (Wildman–Crippen LogP) is 5.96. The van der Waals surface area contributed by atoms with Crippen LogP contribution < -0.4 is 0 Å². The molecular formula is C24H32FNO3S. The van der Waals surface area contributed by atoms with Gasteiger partial charge in [0.05, 0.1) is 5.60 Å². The highest BCUT2D eigenvalue weighted by Crippen LogP contribution is 2.39. The Morgan fingerprint density at radius 2 is 1.73 bits per heavy atom. The lowest BCUT2D eigenvalue weighted by Crippen LogP contribution is -2.35. The summed E-state index contributed by atoms with van der Waals surface area (Å²) < 4.78 is 25.8. The Labute approximate surface area is 183 Å². The van der Waals surface area contributed by atoms with E-state index in [1.165, 1.54) is 0 Å². The SMILES string of the molecule is CCN(CC)OC(C)c1ccc(Sc2cc(F)cc(C3(OC)CCOCC3)c2)cc1. The molecule has 30 heavy (non-hydrogen) atoms. The first-order valence-corrected chi connectivity index (χ1v) is 11.4. The summed E-state index contributed by atoms with van der Waals surface area (Å²) >= 11 is 1.55. The van der Waals surface area contributed by atoms with Crippen LogP contribution in [0, 0.1) is 5.82 Å². The van der Waals surface area contributed by atoms with Crippen LogP contribution in [0.4, 0.5) is 4.39 Å². The predicted molar refractivity (Wildman–Crippen MR) is 118 cm³/mol. The van der Waals surface area contributed by atoms with Crippen molar-refractivity contribution in [2.45, 2.75) is 55.1 Å². The summed E-state index contributed by atoms with van der Waals surface area (Å²) in [4.78, 5) is 7.90. The Morgan fingerprint density at radius 3 is 2.33 bits per heavy atom. The zero-order chi connectivity index (χ0) is 21.6. The number of hydrogen-bond donors (Lipinski definition) is 0. The topological polar surface area (TPSA) is 30.9 Å². The fourth-order valence-electron chi connectivity index (χ4n) is 3.80. The van der Waals surface area contributed by atoms with Crippen LogP contribution in [-0.4, -0.2) is 38.5 Å². The average molecular weight is 434 g/mol. The summed E-state index contributed by atoms with van der Waals surface area (Å²) in [7, 11) is 1.70. The normalized spacial score (nSPS) is 17.3. The molecule has 0 aromatic heterocycles. The summed E-state index contributed by atoms with van der Waals surface area (Å²) in [6, 6.07) is 13.5. The third-order valence-corrected chi connectivity index (χ3v) is 6.67. The van der Waals surface area contributed by atoms with Crippen LogP contribution in [-0.2, 0) is 19.9 Å². The zero-order valence-corrected chi connectivity index (χ0v) is 19.1. The molecule has 2 aromatic rings. The van der Waals surface area contributed by atoms with Crippen molar-refractivity contribution in [3.05, 3.63) is 59.4 Å². The number of halogens is 1. The van der Waals surface area contributed by atoms with Gasteiger partial charge in [-0.3, -0.25) is 4.84 Å². The quantitative estimate of drug-likeness (QED) is 0.455. The number of nitrogens with zero attached hydrogens (tertiary/aromatic N) is 1. The van der Waals surface area contributed by atoms with Crippen molar-refractivity contribution in [2.24, 2.45) is 0 Å². The van der Waals surface area contributed by atoms with Crippen molar-refractivity contribution in [2.75, 3.05) is 33.4 Å². The molecule has 0 spiro atoms. The minimum absolute atomic E-state index is 0.0141. The van der Waals surface area contributed by atoms with Gasteiger partial charge in [-0.2, -0.15) is 5.06 Å². The molecule has 6 heteroatoms. The number of rotatable bonds is 9. The van der Waals surface area contributed by atoms with Gasteiger partial charge in [0.2, 0.25) is 0 Å². The molecule has 3 rings (SSSR count). The molecule has 0 saturated carbocycles. The van der Waals surface area contributed by atoms with E-state index >= 15 is 0 Å². The molecule has 0 aliphatic carbocycles. The Kier molecular flexibility index (Phi) is 8.31. The first-order chi connectivity index (χ1) is 14.5. The summed E-state index contributed by atoms with van der Waals surface area (Å²) in [6.45, 7) is 9.17. The standard InChI is InChI=1S/C24H32FNO3S/c1-5-26(6-2)29-18(3)19-7-9-22(10-8-19)30-23-16-20(15-21(25)17-23)24(27-4)11-13-28-14-12-24/h7-10,15-18H,5-6,11-14H2,1-4H3. The number of hydroxylamine groups is 2. The molecule has 1 aliphatic rings. The Morgan fingerprint density at radius 1 is 1.07 bits per heavy atom. The molecule has 1 aliphatic heterocycles. The van der Waals surface area contributed by atoms with Crippen LogP contribution in [0.15, 0.2) is 52.3 Å². The van der Waals surface area contributed by atoms with Gasteiger partial charge in [0.25, 0.3) is 0 Å². The maximum Gasteiger partial charge on any atom is 0.124 e. The van der Waals surface area contributed by atoms with Gasteiger partial charge in [-0.1, -0.05) is 37.7 Å². The second-order valence-corrected chi connectivity index (χ2v) is 8.67. The molecule has 4 nitrogen and oxygen atoms in total. The van der Waals surface area contributed by atoms with Gasteiger partial charge in [0, 0.05) is 56.0 Å². The van der Waals surface area contributed by atoms with Crippen molar-refractivity contribution in [3.63, 3.8) is 0 Å². The lowest BCUT2D eigenvalue weighted by molar-refractivity contribution is -0.190. The van der Waals surface area contributed by atoms with Crippen molar-refractivity contribution in [3.8, 4) is 0 Å². The van der Waals surface area contributed by atoms with Crippen LogP contribution in [0.5, 0.6) is 0 Å². The molecule has 1 heterocycles. The van der Waals surface area contributed by atoms with Crippen molar-refractivity contribution in [1.29, 1.82) is 0 Å². The van der Waals surface area contributed by atoms with E-state index in [1.54, 1.807) is 31.0 Å². The third-order valence-electron chi connectivity index (χ3n) is 5.69. The van der Waals surface area contributed by atoms with E-state index in [-0.39, 0.29) is 11.9 Å². The summed E-state index contributed by atoms with van der Waals surface area (Å²) in [5.74, 6) is -0.240. The van der Waals surface area contributed by atoms with Crippen LogP contribution >= 0.6 is 11.8 Å². The molecule has 0 amide bonds. The van der Waals surface area contributed by atoms with Gasteiger partial charge in [-0.25, -0.2) is 4.39 Å². The zero-order valence-electron chi connectivity index (χ0n) is 18.3. The molecule has 1 fully saturated rings. The Bertz CT molecular complexity index is 805.